The van der Waals surface area contributed by atoms with E-state index in [1.807, 2.05) is 0 Å². The number of hydrogen-bond donors (Lipinski definition) is 10. The summed E-state index contributed by atoms with van der Waals surface area (Å²) in [5.74, 6) is -1.12. The third-order valence-electron chi connectivity index (χ3n) is 5.02. The topological polar surface area (TPSA) is 273 Å². The summed E-state index contributed by atoms with van der Waals surface area (Å²) in [4.78, 5) is 7.68. The molecule has 2 rings (SSSR count). The second-order valence-electron chi connectivity index (χ2n) is 7.09. The van der Waals surface area contributed by atoms with Gasteiger partial charge in [0.1, 0.15) is 36.6 Å². The smallest absolute Gasteiger partial charge is 0.302 e. The van der Waals surface area contributed by atoms with Crippen LogP contribution < -0.4 is 5.32 Å². The highest BCUT2D eigenvalue weighted by molar-refractivity contribution is 7.87. The van der Waals surface area contributed by atoms with Gasteiger partial charge in [-0.05, 0) is 0 Å². The fraction of sp³-hybridized carbons (Fsp3) is 0.929. The van der Waals surface area contributed by atoms with Crippen molar-refractivity contribution in [1.29, 1.82) is 0 Å². The van der Waals surface area contributed by atoms with Crippen molar-refractivity contribution in [3.05, 3.63) is 0 Å². The molecule has 2 aliphatic heterocycles. The maximum absolute atomic E-state index is 11.8. The van der Waals surface area contributed by atoms with E-state index in [0.29, 0.717) is 0 Å². The Morgan fingerprint density at radius 1 is 1.10 bits per heavy atom. The van der Waals surface area contributed by atoms with E-state index in [0.717, 1.165) is 6.92 Å². The van der Waals surface area contributed by atoms with Gasteiger partial charge in [0.05, 0.1) is 13.2 Å². The number of nitrogens with one attached hydrogen (secondary N) is 1. The molecular formula is C14H25NO15S. The molecule has 0 aliphatic carbocycles. The van der Waals surface area contributed by atoms with E-state index in [1.54, 1.807) is 5.32 Å². The lowest BCUT2D eigenvalue weighted by molar-refractivity contribution is -0.386. The van der Waals surface area contributed by atoms with Crippen LogP contribution in [0.2, 0.25) is 0 Å². The van der Waals surface area contributed by atoms with Crippen LogP contribution in [0.4, 0.5) is 0 Å². The largest absolute Gasteiger partial charge is 0.394 e. The molecule has 2 saturated heterocycles. The predicted octanol–water partition coefficient (Wildman–Crippen LogP) is -6.72. The number of aliphatic hydroxyl groups excluding tert-OH is 7. The minimum Gasteiger partial charge on any atom is -0.394 e. The molecule has 16 nitrogen and oxygen atoms in total. The zero-order valence-electron chi connectivity index (χ0n) is 15.9. The summed E-state index contributed by atoms with van der Waals surface area (Å²) in [6, 6.07) is 0. The van der Waals surface area contributed by atoms with Crippen LogP contribution in [0.25, 0.3) is 0 Å². The zero-order valence-corrected chi connectivity index (χ0v) is 16.7. The average molecular weight is 479 g/mol. The minimum absolute atomic E-state index is 0.802. The van der Waals surface area contributed by atoms with Gasteiger partial charge in [-0.15, -0.1) is 0 Å². The Morgan fingerprint density at radius 2 is 1.68 bits per heavy atom. The quantitative estimate of drug-likeness (QED) is 0.159. The van der Waals surface area contributed by atoms with E-state index in [4.69, 9.17) is 14.2 Å². The van der Waals surface area contributed by atoms with E-state index in [2.05, 4.69) is 0 Å². The highest BCUT2D eigenvalue weighted by Crippen LogP contribution is 2.41. The standard InChI is InChI=1S/C14H25NO15S/c1-4(18)15-13(3-17)14(24,31(25,26)27)10(22)8(21)12(30-13)29-9-5(2-16)28-11(23)7(20)6(9)19/h5-12,16-17,19-24H,2-3H2,1H3,(H,15,18)(H,25,26,27)/t5-,6-,7-,8-,9-,10+,11-,12+,13-,14-/m1/s1. The predicted molar refractivity (Wildman–Crippen MR) is 91.9 cm³/mol. The maximum Gasteiger partial charge on any atom is 0.302 e. The van der Waals surface area contributed by atoms with Gasteiger partial charge >= 0.3 is 10.1 Å². The van der Waals surface area contributed by atoms with Crippen molar-refractivity contribution in [3.8, 4) is 0 Å². The fourth-order valence-corrected chi connectivity index (χ4v) is 4.45. The van der Waals surface area contributed by atoms with Crippen LogP contribution in [0.15, 0.2) is 0 Å². The Morgan fingerprint density at radius 3 is 2.13 bits per heavy atom. The number of amides is 1. The summed E-state index contributed by atoms with van der Waals surface area (Å²) in [6.07, 6.45) is -16.8. The Balaban J connectivity index is 2.48. The second kappa shape index (κ2) is 9.06. The lowest BCUT2D eigenvalue weighted by Gasteiger charge is -2.53. The molecule has 10 atom stereocenters. The van der Waals surface area contributed by atoms with E-state index < -0.39 is 89.1 Å². The van der Waals surface area contributed by atoms with Gasteiger partial charge in [-0.1, -0.05) is 0 Å². The first kappa shape index (κ1) is 26.2. The number of carbonyl (C=O) groups excluding carboxylic acids is 1. The summed E-state index contributed by atoms with van der Waals surface area (Å²) < 4.78 is 48.3. The SMILES string of the molecule is CC(=O)N[C@]1(CO)O[C@H](O[C@H]2[C@H](O)[C@@H](O)[C@H](O)O[C@@H]2CO)[C@H](O)[C@H](O)[C@@]1(O)S(=O)(=O)O. The van der Waals surface area contributed by atoms with Crippen molar-refractivity contribution >= 4 is 16.0 Å². The van der Waals surface area contributed by atoms with Crippen LogP contribution in [-0.2, 0) is 29.1 Å². The number of hydrogen-bond acceptors (Lipinski definition) is 14. The first-order chi connectivity index (χ1) is 14.2. The highest BCUT2D eigenvalue weighted by Gasteiger charge is 2.72. The minimum atomic E-state index is -5.77. The first-order valence-electron chi connectivity index (χ1n) is 8.75. The van der Waals surface area contributed by atoms with E-state index >= 15 is 0 Å². The van der Waals surface area contributed by atoms with Crippen molar-refractivity contribution in [2.75, 3.05) is 13.2 Å². The summed E-state index contributed by atoms with van der Waals surface area (Å²) in [5, 5.41) is 81.4. The molecule has 2 heterocycles. The monoisotopic (exact) mass is 479 g/mol. The van der Waals surface area contributed by atoms with Crippen LogP contribution in [0.1, 0.15) is 6.92 Å². The molecule has 0 spiro atoms. The van der Waals surface area contributed by atoms with E-state index in [1.165, 1.54) is 0 Å². The van der Waals surface area contributed by atoms with Crippen LogP contribution >= 0.6 is 0 Å². The molecule has 0 aromatic carbocycles. The van der Waals surface area contributed by atoms with Gasteiger partial charge in [0.2, 0.25) is 11.6 Å². The lowest BCUT2D eigenvalue weighted by atomic mass is 9.92. The molecule has 0 saturated carbocycles. The molecule has 0 bridgehead atoms. The van der Waals surface area contributed by atoms with Gasteiger partial charge in [0.15, 0.2) is 12.6 Å². The van der Waals surface area contributed by atoms with Crippen LogP contribution in [0.5, 0.6) is 0 Å². The third kappa shape index (κ3) is 4.29. The number of rotatable bonds is 6. The molecule has 0 aromatic heterocycles. The van der Waals surface area contributed by atoms with E-state index in [-0.39, 0.29) is 0 Å². The van der Waals surface area contributed by atoms with Crippen molar-refractivity contribution in [2.24, 2.45) is 0 Å². The number of carbonyl (C=O) groups is 1. The van der Waals surface area contributed by atoms with Gasteiger partial charge < -0.3 is 60.4 Å². The van der Waals surface area contributed by atoms with Gasteiger partial charge in [-0.2, -0.15) is 8.42 Å². The second-order valence-corrected chi connectivity index (χ2v) is 8.66. The molecule has 2 aliphatic rings. The van der Waals surface area contributed by atoms with Gasteiger partial charge in [-0.25, -0.2) is 0 Å². The highest BCUT2D eigenvalue weighted by atomic mass is 32.2. The average Bonchev–Trinajstić information content (AvgIpc) is 2.68. The van der Waals surface area contributed by atoms with Gasteiger partial charge in [0, 0.05) is 6.92 Å². The Labute approximate surface area is 175 Å². The lowest BCUT2D eigenvalue weighted by Crippen LogP contribution is -2.81. The molecule has 0 aromatic rings. The Kier molecular flexibility index (Phi) is 7.65. The van der Waals surface area contributed by atoms with Crippen LogP contribution in [0, 0.1) is 0 Å². The molecule has 10 N–H and O–H groups in total. The molecule has 0 unspecified atom stereocenters. The summed E-state index contributed by atoms with van der Waals surface area (Å²) in [7, 11) is -5.77. The summed E-state index contributed by atoms with van der Waals surface area (Å²) in [6.45, 7) is -1.68. The van der Waals surface area contributed by atoms with Crippen LogP contribution in [-0.4, -0.2) is 133 Å². The molecule has 1 amide bonds. The zero-order chi connectivity index (χ0) is 23.9. The maximum atomic E-state index is 11.8. The molecule has 17 heteroatoms. The normalized spacial score (nSPS) is 46.5. The van der Waals surface area contributed by atoms with E-state index in [9.17, 15) is 58.6 Å². The first-order valence-corrected chi connectivity index (χ1v) is 10.2. The molecule has 182 valence electrons. The molecular weight excluding hydrogens is 454 g/mol. The van der Waals surface area contributed by atoms with Crippen molar-refractivity contribution in [2.45, 2.75) is 66.8 Å². The van der Waals surface area contributed by atoms with Gasteiger partial charge in [0.25, 0.3) is 4.93 Å². The third-order valence-corrected chi connectivity index (χ3v) is 6.38. The van der Waals surface area contributed by atoms with Crippen molar-refractivity contribution in [1.82, 2.24) is 5.32 Å². The molecule has 2 fully saturated rings. The summed E-state index contributed by atoms with van der Waals surface area (Å²) in [5.41, 5.74) is -3.19. The fourth-order valence-electron chi connectivity index (χ4n) is 3.42. The van der Waals surface area contributed by atoms with Crippen molar-refractivity contribution < 1.29 is 72.8 Å². The molecule has 0 radical (unpaired) electrons. The summed E-state index contributed by atoms with van der Waals surface area (Å²) >= 11 is 0. The Hall–Kier alpha value is -1.06. The van der Waals surface area contributed by atoms with Crippen LogP contribution in [0.3, 0.4) is 0 Å². The van der Waals surface area contributed by atoms with Crippen molar-refractivity contribution in [3.63, 3.8) is 0 Å². The van der Waals surface area contributed by atoms with Gasteiger partial charge in [-0.3, -0.25) is 9.35 Å². The molecule has 31 heavy (non-hydrogen) atoms. The number of ether oxygens (including phenoxy) is 3. The number of aliphatic hydroxyl groups is 8. The Bertz CT molecular complexity index is 763.